The molecule has 0 aliphatic heterocycles. The van der Waals surface area contributed by atoms with Gasteiger partial charge in [0.15, 0.2) is 0 Å². The van der Waals surface area contributed by atoms with Crippen LogP contribution < -0.4 is 0 Å². The van der Waals surface area contributed by atoms with Crippen molar-refractivity contribution in [3.8, 4) is 11.8 Å². The topological polar surface area (TPSA) is 0 Å². The van der Waals surface area contributed by atoms with E-state index in [1.54, 1.807) is 0 Å². The molecule has 0 unspecified atom stereocenters. The summed E-state index contributed by atoms with van der Waals surface area (Å²) in [6, 6.07) is 18.6. The summed E-state index contributed by atoms with van der Waals surface area (Å²) in [6.45, 7) is 4.21. The minimum Gasteiger partial charge on any atom is -0.0950 e. The molecule has 2 rings (SSSR count). The van der Waals surface area contributed by atoms with Gasteiger partial charge in [0.05, 0.1) is 0 Å². The third-order valence-electron chi connectivity index (χ3n) is 2.71. The molecule has 0 amide bonds. The predicted octanol–water partition coefficient (Wildman–Crippen LogP) is 4.86. The SMILES string of the molecule is CC(C)C#Cc1ccccc1/C=C/c1ccccc1. The van der Waals surface area contributed by atoms with E-state index in [9.17, 15) is 0 Å². The Kier molecular flexibility index (Phi) is 4.59. The summed E-state index contributed by atoms with van der Waals surface area (Å²) >= 11 is 0. The molecule has 0 heterocycles. The van der Waals surface area contributed by atoms with Crippen molar-refractivity contribution in [3.63, 3.8) is 0 Å². The summed E-state index contributed by atoms with van der Waals surface area (Å²) < 4.78 is 0. The first-order valence-electron chi connectivity index (χ1n) is 6.59. The average molecular weight is 246 g/mol. The minimum atomic E-state index is 0.395. The number of hydrogen-bond acceptors (Lipinski definition) is 0. The molecular formula is C19H18. The van der Waals surface area contributed by atoms with Gasteiger partial charge in [0.25, 0.3) is 0 Å². The van der Waals surface area contributed by atoms with Crippen molar-refractivity contribution in [1.29, 1.82) is 0 Å². The fourth-order valence-corrected chi connectivity index (χ4v) is 1.73. The van der Waals surface area contributed by atoms with Gasteiger partial charge in [-0.3, -0.25) is 0 Å². The lowest BCUT2D eigenvalue weighted by Crippen LogP contribution is -1.83. The Bertz CT molecular complexity index is 607. The molecule has 0 atom stereocenters. The van der Waals surface area contributed by atoms with Crippen LogP contribution in [0.4, 0.5) is 0 Å². The normalized spacial score (nSPS) is 10.5. The van der Waals surface area contributed by atoms with Gasteiger partial charge in [0.1, 0.15) is 0 Å². The zero-order valence-corrected chi connectivity index (χ0v) is 11.4. The summed E-state index contributed by atoms with van der Waals surface area (Å²) in [5.74, 6) is 6.86. The Morgan fingerprint density at radius 3 is 2.26 bits per heavy atom. The molecule has 2 aromatic carbocycles. The lowest BCUT2D eigenvalue weighted by molar-refractivity contribution is 0.866. The fourth-order valence-electron chi connectivity index (χ4n) is 1.73. The molecule has 94 valence electrons. The molecule has 0 nitrogen and oxygen atoms in total. The zero-order valence-electron chi connectivity index (χ0n) is 11.4. The molecule has 0 saturated carbocycles. The second kappa shape index (κ2) is 6.61. The van der Waals surface area contributed by atoms with Crippen LogP contribution in [0.5, 0.6) is 0 Å². The van der Waals surface area contributed by atoms with Crippen LogP contribution >= 0.6 is 0 Å². The van der Waals surface area contributed by atoms with Gasteiger partial charge < -0.3 is 0 Å². The molecule has 0 bridgehead atoms. The quantitative estimate of drug-likeness (QED) is 0.524. The van der Waals surface area contributed by atoms with E-state index in [0.29, 0.717) is 5.92 Å². The van der Waals surface area contributed by atoms with E-state index in [1.807, 2.05) is 30.3 Å². The Labute approximate surface area is 115 Å². The van der Waals surface area contributed by atoms with Crippen molar-refractivity contribution >= 4 is 12.2 Å². The van der Waals surface area contributed by atoms with E-state index in [-0.39, 0.29) is 0 Å². The summed E-state index contributed by atoms with van der Waals surface area (Å²) in [5, 5.41) is 0. The molecule has 0 heteroatoms. The molecule has 19 heavy (non-hydrogen) atoms. The summed E-state index contributed by atoms with van der Waals surface area (Å²) in [5.41, 5.74) is 3.46. The van der Waals surface area contributed by atoms with Gasteiger partial charge in [-0.2, -0.15) is 0 Å². The second-order valence-electron chi connectivity index (χ2n) is 4.76. The predicted molar refractivity (Wildman–Crippen MR) is 83.5 cm³/mol. The Balaban J connectivity index is 2.26. The van der Waals surface area contributed by atoms with Gasteiger partial charge in [-0.1, -0.05) is 86.4 Å². The van der Waals surface area contributed by atoms with Crippen LogP contribution in [0.15, 0.2) is 54.6 Å². The molecule has 0 N–H and O–H groups in total. The monoisotopic (exact) mass is 246 g/mol. The van der Waals surface area contributed by atoms with E-state index in [2.05, 4.69) is 62.1 Å². The summed E-state index contributed by atoms with van der Waals surface area (Å²) in [6.07, 6.45) is 4.25. The smallest absolute Gasteiger partial charge is 0.0317 e. The third kappa shape index (κ3) is 4.16. The van der Waals surface area contributed by atoms with Crippen molar-refractivity contribution in [2.75, 3.05) is 0 Å². The van der Waals surface area contributed by atoms with Gasteiger partial charge >= 0.3 is 0 Å². The Morgan fingerprint density at radius 1 is 0.842 bits per heavy atom. The molecule has 0 saturated heterocycles. The molecule has 2 aromatic rings. The first-order valence-corrected chi connectivity index (χ1v) is 6.59. The Hall–Kier alpha value is -2.26. The van der Waals surface area contributed by atoms with Crippen LogP contribution in [0.1, 0.15) is 30.5 Å². The minimum absolute atomic E-state index is 0.395. The fraction of sp³-hybridized carbons (Fsp3) is 0.158. The van der Waals surface area contributed by atoms with E-state index < -0.39 is 0 Å². The maximum Gasteiger partial charge on any atom is 0.0317 e. The summed E-state index contributed by atoms with van der Waals surface area (Å²) in [4.78, 5) is 0. The van der Waals surface area contributed by atoms with Crippen molar-refractivity contribution in [2.45, 2.75) is 13.8 Å². The number of benzene rings is 2. The van der Waals surface area contributed by atoms with Gasteiger partial charge in [0, 0.05) is 11.5 Å². The van der Waals surface area contributed by atoms with Crippen LogP contribution in [-0.4, -0.2) is 0 Å². The van der Waals surface area contributed by atoms with E-state index >= 15 is 0 Å². The third-order valence-corrected chi connectivity index (χ3v) is 2.71. The van der Waals surface area contributed by atoms with E-state index in [0.717, 1.165) is 5.56 Å². The highest BCUT2D eigenvalue weighted by molar-refractivity contribution is 5.72. The van der Waals surface area contributed by atoms with Crippen LogP contribution in [0.25, 0.3) is 12.2 Å². The molecule has 0 radical (unpaired) electrons. The number of hydrogen-bond donors (Lipinski definition) is 0. The van der Waals surface area contributed by atoms with Crippen molar-refractivity contribution < 1.29 is 0 Å². The van der Waals surface area contributed by atoms with Crippen LogP contribution in [0.3, 0.4) is 0 Å². The standard InChI is InChI=1S/C19H18/c1-16(2)12-14-18-10-6-7-11-19(18)15-13-17-8-4-3-5-9-17/h3-11,13,15-16H,1-2H3/b15-13+. The highest BCUT2D eigenvalue weighted by Crippen LogP contribution is 2.12. The average Bonchev–Trinajstić information content (AvgIpc) is 2.45. The van der Waals surface area contributed by atoms with Crippen LogP contribution in [-0.2, 0) is 0 Å². The highest BCUT2D eigenvalue weighted by atomic mass is 14.0. The van der Waals surface area contributed by atoms with Crippen molar-refractivity contribution in [3.05, 3.63) is 71.3 Å². The maximum atomic E-state index is 3.25. The van der Waals surface area contributed by atoms with Gasteiger partial charge in [-0.05, 0) is 17.2 Å². The first kappa shape index (κ1) is 13.2. The Morgan fingerprint density at radius 2 is 1.53 bits per heavy atom. The number of rotatable bonds is 2. The second-order valence-corrected chi connectivity index (χ2v) is 4.76. The molecule has 0 aliphatic rings. The van der Waals surface area contributed by atoms with E-state index in [1.165, 1.54) is 11.1 Å². The molecular weight excluding hydrogens is 228 g/mol. The lowest BCUT2D eigenvalue weighted by atomic mass is 10.1. The summed E-state index contributed by atoms with van der Waals surface area (Å²) in [7, 11) is 0. The lowest BCUT2D eigenvalue weighted by Gasteiger charge is -1.99. The molecule has 0 aromatic heterocycles. The zero-order chi connectivity index (χ0) is 13.5. The van der Waals surface area contributed by atoms with Gasteiger partial charge in [-0.15, -0.1) is 0 Å². The maximum absolute atomic E-state index is 3.25. The molecule has 0 spiro atoms. The van der Waals surface area contributed by atoms with Crippen LogP contribution in [0, 0.1) is 17.8 Å². The van der Waals surface area contributed by atoms with Gasteiger partial charge in [0.2, 0.25) is 0 Å². The van der Waals surface area contributed by atoms with E-state index in [4.69, 9.17) is 0 Å². The van der Waals surface area contributed by atoms with Crippen LogP contribution in [0.2, 0.25) is 0 Å². The molecule has 0 fully saturated rings. The van der Waals surface area contributed by atoms with Crippen molar-refractivity contribution in [1.82, 2.24) is 0 Å². The molecule has 0 aliphatic carbocycles. The van der Waals surface area contributed by atoms with Gasteiger partial charge in [-0.25, -0.2) is 0 Å². The highest BCUT2D eigenvalue weighted by Gasteiger charge is 1.94. The van der Waals surface area contributed by atoms with Crippen molar-refractivity contribution in [2.24, 2.45) is 5.92 Å². The first-order chi connectivity index (χ1) is 9.25. The largest absolute Gasteiger partial charge is 0.0950 e.